The summed E-state index contributed by atoms with van der Waals surface area (Å²) in [5.41, 5.74) is 13.6. The third-order valence-electron chi connectivity index (χ3n) is 10.6. The molecule has 0 radical (unpaired) electrons. The zero-order chi connectivity index (χ0) is 28.6. The Morgan fingerprint density at radius 2 is 1.70 bits per heavy atom. The van der Waals surface area contributed by atoms with Gasteiger partial charge in [-0.1, -0.05) is 112 Å². The highest BCUT2D eigenvalue weighted by Crippen LogP contribution is 2.49. The van der Waals surface area contributed by atoms with Crippen LogP contribution in [0.1, 0.15) is 131 Å². The van der Waals surface area contributed by atoms with Gasteiger partial charge in [-0.2, -0.15) is 0 Å². The third-order valence-corrected chi connectivity index (χ3v) is 10.6. The quantitative estimate of drug-likeness (QED) is 0.287. The molecule has 2 saturated carbocycles. The molecule has 4 atom stereocenters. The minimum absolute atomic E-state index is 0.234. The first-order chi connectivity index (χ1) is 19.4. The Kier molecular flexibility index (Phi) is 11.5. The van der Waals surface area contributed by atoms with Crippen molar-refractivity contribution in [3.8, 4) is 0 Å². The van der Waals surface area contributed by atoms with Crippen molar-refractivity contribution in [2.75, 3.05) is 6.61 Å². The third kappa shape index (κ3) is 7.13. The zero-order valence-corrected chi connectivity index (χ0v) is 26.6. The fraction of sp³-hybridized carbons (Fsp3) is 0.641. The van der Waals surface area contributed by atoms with Gasteiger partial charge in [-0.15, -0.1) is 0 Å². The van der Waals surface area contributed by atoms with Crippen molar-refractivity contribution in [2.24, 2.45) is 23.7 Å². The molecule has 2 unspecified atom stereocenters. The van der Waals surface area contributed by atoms with Crippen molar-refractivity contribution >= 4 is 0 Å². The molecule has 0 aliphatic heterocycles. The van der Waals surface area contributed by atoms with Crippen molar-refractivity contribution < 1.29 is 5.11 Å². The van der Waals surface area contributed by atoms with E-state index in [4.69, 9.17) is 6.58 Å². The van der Waals surface area contributed by atoms with Crippen LogP contribution in [0.4, 0.5) is 0 Å². The van der Waals surface area contributed by atoms with Gasteiger partial charge in [0.05, 0.1) is 0 Å². The standard InChI is InChI=1S/C39H58O/c1-7-8-16-33-26-38(31(6)35-19-14-15-20-36(33)35)39(28(3)22-21-27(2)23-24-40)37-25-32-17-12-10-9-11-13-18-34(29(32)4)30(37)5/h21-22,25-27,29,35-36,40H,3,7-20,23-24H2,1-2,4-6H3/b22-21-,39-37-/t27-,29?,35+,36?/m0/s1. The predicted octanol–water partition coefficient (Wildman–Crippen LogP) is 11.3. The summed E-state index contributed by atoms with van der Waals surface area (Å²) in [6.45, 7) is 16.9. The molecule has 40 heavy (non-hydrogen) atoms. The summed E-state index contributed by atoms with van der Waals surface area (Å²) in [6.07, 6.45) is 29.0. The van der Waals surface area contributed by atoms with E-state index in [9.17, 15) is 5.11 Å². The minimum atomic E-state index is 0.234. The van der Waals surface area contributed by atoms with Crippen LogP contribution in [0.15, 0.2) is 81.0 Å². The van der Waals surface area contributed by atoms with Crippen molar-refractivity contribution in [3.63, 3.8) is 0 Å². The van der Waals surface area contributed by atoms with Gasteiger partial charge in [-0.3, -0.25) is 0 Å². The first-order valence-corrected chi connectivity index (χ1v) is 16.9. The van der Waals surface area contributed by atoms with E-state index in [0.29, 0.717) is 17.8 Å². The number of hydrogen-bond acceptors (Lipinski definition) is 1. The van der Waals surface area contributed by atoms with Crippen LogP contribution in [-0.4, -0.2) is 11.7 Å². The molecule has 4 aliphatic carbocycles. The Labute approximate surface area is 247 Å². The Morgan fingerprint density at radius 1 is 1.00 bits per heavy atom. The largest absolute Gasteiger partial charge is 0.396 e. The molecule has 0 saturated heterocycles. The monoisotopic (exact) mass is 542 g/mol. The minimum Gasteiger partial charge on any atom is -0.396 e. The van der Waals surface area contributed by atoms with Gasteiger partial charge in [-0.05, 0) is 123 Å². The summed E-state index contributed by atoms with van der Waals surface area (Å²) in [5, 5.41) is 9.51. The maximum atomic E-state index is 9.51. The molecular formula is C39H58O. The number of aliphatic hydroxyl groups is 1. The van der Waals surface area contributed by atoms with E-state index >= 15 is 0 Å². The molecule has 0 aromatic carbocycles. The van der Waals surface area contributed by atoms with E-state index in [-0.39, 0.29) is 6.61 Å². The topological polar surface area (TPSA) is 20.2 Å². The van der Waals surface area contributed by atoms with Crippen molar-refractivity contribution in [1.82, 2.24) is 0 Å². The van der Waals surface area contributed by atoms with Crippen LogP contribution in [0.2, 0.25) is 0 Å². The van der Waals surface area contributed by atoms with Gasteiger partial charge in [-0.25, -0.2) is 0 Å². The molecule has 2 fully saturated rings. The molecule has 4 aliphatic rings. The molecule has 0 aromatic rings. The molecule has 1 N–H and O–H groups in total. The Hall–Kier alpha value is -1.86. The van der Waals surface area contributed by atoms with Crippen LogP contribution in [0.5, 0.6) is 0 Å². The van der Waals surface area contributed by atoms with E-state index in [2.05, 4.69) is 58.9 Å². The summed E-state index contributed by atoms with van der Waals surface area (Å²) in [7, 11) is 0. The summed E-state index contributed by atoms with van der Waals surface area (Å²) in [5.74, 6) is 2.33. The van der Waals surface area contributed by atoms with E-state index in [0.717, 1.165) is 17.9 Å². The maximum Gasteiger partial charge on any atom is 0.0436 e. The molecule has 220 valence electrons. The van der Waals surface area contributed by atoms with E-state index < -0.39 is 0 Å². The van der Waals surface area contributed by atoms with Crippen LogP contribution in [0.25, 0.3) is 0 Å². The first kappa shape index (κ1) is 31.1. The second-order valence-electron chi connectivity index (χ2n) is 13.4. The van der Waals surface area contributed by atoms with Gasteiger partial charge in [0.1, 0.15) is 0 Å². The number of rotatable bonds is 9. The summed E-state index contributed by atoms with van der Waals surface area (Å²) in [6, 6.07) is 0. The van der Waals surface area contributed by atoms with Gasteiger partial charge in [0.2, 0.25) is 0 Å². The lowest BCUT2D eigenvalue weighted by atomic mass is 9.65. The Morgan fingerprint density at radius 3 is 2.42 bits per heavy atom. The van der Waals surface area contributed by atoms with Crippen LogP contribution in [0.3, 0.4) is 0 Å². The fourth-order valence-electron chi connectivity index (χ4n) is 8.03. The average molecular weight is 543 g/mol. The van der Waals surface area contributed by atoms with Crippen LogP contribution in [-0.2, 0) is 0 Å². The molecule has 4 rings (SSSR count). The highest BCUT2D eigenvalue weighted by Gasteiger charge is 2.35. The van der Waals surface area contributed by atoms with Crippen LogP contribution < -0.4 is 0 Å². The predicted molar refractivity (Wildman–Crippen MR) is 174 cm³/mol. The van der Waals surface area contributed by atoms with E-state index in [1.54, 1.807) is 22.3 Å². The lowest BCUT2D eigenvalue weighted by molar-refractivity contribution is 0.274. The highest BCUT2D eigenvalue weighted by atomic mass is 16.3. The summed E-state index contributed by atoms with van der Waals surface area (Å²) >= 11 is 0. The van der Waals surface area contributed by atoms with Gasteiger partial charge in [0, 0.05) is 6.61 Å². The molecule has 0 heterocycles. The Bertz CT molecular complexity index is 1100. The number of allylic oxidation sites excluding steroid dienone is 13. The normalized spacial score (nSPS) is 28.2. The van der Waals surface area contributed by atoms with Gasteiger partial charge >= 0.3 is 0 Å². The van der Waals surface area contributed by atoms with Gasteiger partial charge in [0.15, 0.2) is 0 Å². The fourth-order valence-corrected chi connectivity index (χ4v) is 8.03. The van der Waals surface area contributed by atoms with Gasteiger partial charge < -0.3 is 5.11 Å². The SMILES string of the molecule is C=C(/C=C\[C@H](C)CCO)/C(C1=C(C)[C@H]2CCCCC2C(CCCC)=C1)=C1\C=C2CCCCCCCC(=C1C)C2C. The number of hydrogen-bond donors (Lipinski definition) is 1. The second kappa shape index (κ2) is 14.9. The average Bonchev–Trinajstić information content (AvgIpc) is 2.95. The van der Waals surface area contributed by atoms with E-state index in [1.165, 1.54) is 112 Å². The van der Waals surface area contributed by atoms with Crippen LogP contribution in [0, 0.1) is 23.7 Å². The number of unbranched alkanes of at least 4 members (excludes halogenated alkanes) is 1. The molecule has 0 spiro atoms. The summed E-state index contributed by atoms with van der Waals surface area (Å²) < 4.78 is 0. The maximum absolute atomic E-state index is 9.51. The zero-order valence-electron chi connectivity index (χ0n) is 26.6. The van der Waals surface area contributed by atoms with Crippen molar-refractivity contribution in [3.05, 3.63) is 81.0 Å². The lowest BCUT2D eigenvalue weighted by Crippen LogP contribution is -2.27. The highest BCUT2D eigenvalue weighted by molar-refractivity contribution is 5.68. The molecule has 0 aromatic heterocycles. The van der Waals surface area contributed by atoms with Crippen molar-refractivity contribution in [1.29, 1.82) is 0 Å². The second-order valence-corrected chi connectivity index (χ2v) is 13.4. The van der Waals surface area contributed by atoms with Crippen LogP contribution >= 0.6 is 0 Å². The van der Waals surface area contributed by atoms with Gasteiger partial charge in [0.25, 0.3) is 0 Å². The molecule has 1 heteroatoms. The molecule has 2 bridgehead atoms. The summed E-state index contributed by atoms with van der Waals surface area (Å²) in [4.78, 5) is 0. The Balaban J connectivity index is 1.92. The smallest absolute Gasteiger partial charge is 0.0436 e. The molecule has 1 nitrogen and oxygen atoms in total. The van der Waals surface area contributed by atoms with E-state index in [1.807, 2.05) is 0 Å². The van der Waals surface area contributed by atoms with Crippen molar-refractivity contribution in [2.45, 2.75) is 131 Å². The molecule has 0 amide bonds. The molecular weight excluding hydrogens is 484 g/mol. The first-order valence-electron chi connectivity index (χ1n) is 16.9. The number of aliphatic hydroxyl groups excluding tert-OH is 1. The number of fused-ring (bicyclic) bond motifs is 3. The lowest BCUT2D eigenvalue weighted by Gasteiger charge is -2.40.